The van der Waals surface area contributed by atoms with Crippen molar-refractivity contribution in [3.63, 3.8) is 0 Å². The van der Waals surface area contributed by atoms with Crippen LogP contribution in [0, 0.1) is 0 Å². The minimum absolute atomic E-state index is 0.860. The van der Waals surface area contributed by atoms with Crippen LogP contribution in [0.15, 0.2) is 47.2 Å². The number of fused-ring (bicyclic) bond motifs is 1. The lowest BCUT2D eigenvalue weighted by atomic mass is 10.3. The molecule has 5 heteroatoms. The summed E-state index contributed by atoms with van der Waals surface area (Å²) >= 11 is 3.45. The monoisotopic (exact) mass is 274 g/mol. The van der Waals surface area contributed by atoms with E-state index in [0.29, 0.717) is 0 Å². The standard InChI is InChI=1S/C11H7BrN4/c12-9-2-1-3-10-11(9)15-16(14-10)8-4-6-13-7-5-8/h1-7H. The Morgan fingerprint density at radius 1 is 1.00 bits per heavy atom. The van der Waals surface area contributed by atoms with Crippen LogP contribution in [0.4, 0.5) is 0 Å². The number of nitrogens with zero attached hydrogens (tertiary/aromatic N) is 4. The van der Waals surface area contributed by atoms with E-state index in [2.05, 4.69) is 31.1 Å². The Hall–Kier alpha value is -1.75. The zero-order valence-corrected chi connectivity index (χ0v) is 9.79. The van der Waals surface area contributed by atoms with Crippen molar-refractivity contribution in [2.75, 3.05) is 0 Å². The Balaban J connectivity index is 2.23. The van der Waals surface area contributed by atoms with Gasteiger partial charge in [0.2, 0.25) is 0 Å². The normalized spacial score (nSPS) is 10.8. The van der Waals surface area contributed by atoms with Crippen LogP contribution in [-0.4, -0.2) is 20.0 Å². The summed E-state index contributed by atoms with van der Waals surface area (Å²) in [6.07, 6.45) is 3.44. The van der Waals surface area contributed by atoms with E-state index < -0.39 is 0 Å². The second kappa shape index (κ2) is 3.68. The summed E-state index contributed by atoms with van der Waals surface area (Å²) in [5.41, 5.74) is 2.63. The van der Waals surface area contributed by atoms with E-state index in [1.165, 1.54) is 0 Å². The first kappa shape index (κ1) is 9.47. The van der Waals surface area contributed by atoms with Crippen molar-refractivity contribution < 1.29 is 0 Å². The molecule has 0 spiro atoms. The highest BCUT2D eigenvalue weighted by atomic mass is 79.9. The predicted molar refractivity (Wildman–Crippen MR) is 64.4 cm³/mol. The first-order valence-electron chi connectivity index (χ1n) is 4.76. The molecule has 0 amide bonds. The van der Waals surface area contributed by atoms with Crippen molar-refractivity contribution in [1.82, 2.24) is 20.0 Å². The molecule has 0 radical (unpaired) electrons. The van der Waals surface area contributed by atoms with Gasteiger partial charge in [-0.3, -0.25) is 4.98 Å². The average molecular weight is 275 g/mol. The maximum atomic E-state index is 4.41. The lowest BCUT2D eigenvalue weighted by Gasteiger charge is -1.95. The average Bonchev–Trinajstić information content (AvgIpc) is 2.76. The third kappa shape index (κ3) is 1.49. The molecule has 2 aromatic heterocycles. The number of halogens is 1. The molecule has 0 atom stereocenters. The van der Waals surface area contributed by atoms with Crippen molar-refractivity contribution in [3.05, 3.63) is 47.2 Å². The smallest absolute Gasteiger partial charge is 0.127 e. The molecule has 4 nitrogen and oxygen atoms in total. The third-order valence-electron chi connectivity index (χ3n) is 2.26. The summed E-state index contributed by atoms with van der Waals surface area (Å²) in [5.74, 6) is 0. The Labute approximate surface area is 100 Å². The first-order valence-corrected chi connectivity index (χ1v) is 5.56. The highest BCUT2D eigenvalue weighted by molar-refractivity contribution is 9.10. The van der Waals surface area contributed by atoms with Crippen molar-refractivity contribution in [3.8, 4) is 5.69 Å². The maximum Gasteiger partial charge on any atom is 0.127 e. The van der Waals surface area contributed by atoms with Crippen LogP contribution in [0.3, 0.4) is 0 Å². The van der Waals surface area contributed by atoms with Crippen molar-refractivity contribution >= 4 is 27.0 Å². The molecule has 3 aromatic rings. The van der Waals surface area contributed by atoms with Gasteiger partial charge in [-0.05, 0) is 40.2 Å². The molecular weight excluding hydrogens is 268 g/mol. The number of rotatable bonds is 1. The first-order chi connectivity index (χ1) is 7.84. The zero-order valence-electron chi connectivity index (χ0n) is 8.21. The number of hydrogen-bond donors (Lipinski definition) is 0. The molecular formula is C11H7BrN4. The van der Waals surface area contributed by atoms with Gasteiger partial charge in [0.25, 0.3) is 0 Å². The molecule has 3 rings (SSSR count). The van der Waals surface area contributed by atoms with Crippen LogP contribution in [0.5, 0.6) is 0 Å². The molecule has 0 aliphatic carbocycles. The maximum absolute atomic E-state index is 4.41. The van der Waals surface area contributed by atoms with E-state index in [1.54, 1.807) is 17.2 Å². The Morgan fingerprint density at radius 3 is 2.56 bits per heavy atom. The largest absolute Gasteiger partial charge is 0.265 e. The second-order valence-electron chi connectivity index (χ2n) is 3.30. The van der Waals surface area contributed by atoms with Crippen LogP contribution in [0.1, 0.15) is 0 Å². The highest BCUT2D eigenvalue weighted by Gasteiger charge is 2.06. The Kier molecular flexibility index (Phi) is 2.18. The van der Waals surface area contributed by atoms with E-state index >= 15 is 0 Å². The van der Waals surface area contributed by atoms with Gasteiger partial charge in [-0.25, -0.2) is 0 Å². The molecule has 0 bridgehead atoms. The minimum atomic E-state index is 0.860. The molecule has 0 aliphatic heterocycles. The van der Waals surface area contributed by atoms with Gasteiger partial charge >= 0.3 is 0 Å². The molecule has 0 unspecified atom stereocenters. The molecule has 0 N–H and O–H groups in total. The van der Waals surface area contributed by atoms with Crippen LogP contribution < -0.4 is 0 Å². The number of hydrogen-bond acceptors (Lipinski definition) is 3. The molecule has 0 aliphatic rings. The van der Waals surface area contributed by atoms with Gasteiger partial charge in [0, 0.05) is 16.9 Å². The molecule has 16 heavy (non-hydrogen) atoms. The van der Waals surface area contributed by atoms with Crippen LogP contribution in [-0.2, 0) is 0 Å². The minimum Gasteiger partial charge on any atom is -0.265 e. The quantitative estimate of drug-likeness (QED) is 0.685. The molecule has 78 valence electrons. The Bertz CT molecular complexity index is 633. The van der Waals surface area contributed by atoms with E-state index in [9.17, 15) is 0 Å². The van der Waals surface area contributed by atoms with Crippen molar-refractivity contribution in [2.45, 2.75) is 0 Å². The fraction of sp³-hybridized carbons (Fsp3) is 0. The van der Waals surface area contributed by atoms with Crippen LogP contribution >= 0.6 is 15.9 Å². The summed E-state index contributed by atoms with van der Waals surface area (Å²) in [6.45, 7) is 0. The number of benzene rings is 1. The summed E-state index contributed by atoms with van der Waals surface area (Å²) in [7, 11) is 0. The van der Waals surface area contributed by atoms with Gasteiger partial charge in [0.1, 0.15) is 11.0 Å². The van der Waals surface area contributed by atoms with Crippen molar-refractivity contribution in [2.24, 2.45) is 0 Å². The van der Waals surface area contributed by atoms with Gasteiger partial charge in [0.05, 0.1) is 5.69 Å². The van der Waals surface area contributed by atoms with Crippen LogP contribution in [0.2, 0.25) is 0 Å². The predicted octanol–water partition coefficient (Wildman–Crippen LogP) is 2.58. The lowest BCUT2D eigenvalue weighted by Crippen LogP contribution is -1.97. The van der Waals surface area contributed by atoms with Gasteiger partial charge in [-0.15, -0.1) is 10.2 Å². The molecule has 0 saturated heterocycles. The second-order valence-corrected chi connectivity index (χ2v) is 4.16. The fourth-order valence-corrected chi connectivity index (χ4v) is 1.93. The van der Waals surface area contributed by atoms with Gasteiger partial charge in [-0.1, -0.05) is 6.07 Å². The topological polar surface area (TPSA) is 43.6 Å². The summed E-state index contributed by atoms with van der Waals surface area (Å²) in [6, 6.07) is 9.57. The fourth-order valence-electron chi connectivity index (χ4n) is 1.50. The SMILES string of the molecule is Brc1cccc2nn(-c3ccncc3)nc12. The Morgan fingerprint density at radius 2 is 1.81 bits per heavy atom. The van der Waals surface area contributed by atoms with Crippen molar-refractivity contribution in [1.29, 1.82) is 0 Å². The lowest BCUT2D eigenvalue weighted by molar-refractivity contribution is 0.764. The molecule has 0 fully saturated rings. The summed E-state index contributed by atoms with van der Waals surface area (Å²) < 4.78 is 0.949. The summed E-state index contributed by atoms with van der Waals surface area (Å²) in [5, 5.41) is 8.80. The molecule has 1 aromatic carbocycles. The van der Waals surface area contributed by atoms with Gasteiger partial charge in [0.15, 0.2) is 0 Å². The number of pyridine rings is 1. The van der Waals surface area contributed by atoms with E-state index in [-0.39, 0.29) is 0 Å². The van der Waals surface area contributed by atoms with Gasteiger partial charge < -0.3 is 0 Å². The van der Waals surface area contributed by atoms with E-state index in [4.69, 9.17) is 0 Å². The molecule has 0 saturated carbocycles. The third-order valence-corrected chi connectivity index (χ3v) is 2.90. The zero-order chi connectivity index (χ0) is 11.0. The van der Waals surface area contributed by atoms with E-state index in [0.717, 1.165) is 21.2 Å². The summed E-state index contributed by atoms with van der Waals surface area (Å²) in [4.78, 5) is 5.57. The number of aromatic nitrogens is 4. The molecule has 2 heterocycles. The van der Waals surface area contributed by atoms with Gasteiger partial charge in [-0.2, -0.15) is 4.80 Å². The highest BCUT2D eigenvalue weighted by Crippen LogP contribution is 2.20. The van der Waals surface area contributed by atoms with Crippen LogP contribution in [0.25, 0.3) is 16.7 Å². The van der Waals surface area contributed by atoms with E-state index in [1.807, 2.05) is 30.3 Å².